The first kappa shape index (κ1) is 27.0. The number of hydrogen-bond acceptors (Lipinski definition) is 3. The zero-order chi connectivity index (χ0) is 24.2. The molecule has 0 fully saturated rings. The second-order valence-corrected chi connectivity index (χ2v) is 7.19. The molecule has 4 aromatic rings. The Labute approximate surface area is 209 Å². The van der Waals surface area contributed by atoms with Crippen LogP contribution < -0.4 is 0 Å². The number of ether oxygens (including phenoxy) is 1. The molecule has 0 radical (unpaired) electrons. The summed E-state index contributed by atoms with van der Waals surface area (Å²) >= 11 is 0. The molecule has 3 nitrogen and oxygen atoms in total. The Bertz CT molecular complexity index is 1250. The summed E-state index contributed by atoms with van der Waals surface area (Å²) < 4.78 is 37.9. The minimum Gasteiger partial charge on any atom is -0.460 e. The molecule has 4 aromatic carbocycles. The maximum Gasteiger partial charge on any atom is 2.00 e. The van der Waals surface area contributed by atoms with Gasteiger partial charge in [-0.05, 0) is 17.7 Å². The van der Waals surface area contributed by atoms with Crippen LogP contribution in [0.3, 0.4) is 0 Å². The first-order chi connectivity index (χ1) is 15.6. The minimum atomic E-state index is -5.13. The summed E-state index contributed by atoms with van der Waals surface area (Å²) in [5.41, 5.74) is 4.47. The zero-order valence-electron chi connectivity index (χ0n) is 18.2. The number of rotatable bonds is 3. The van der Waals surface area contributed by atoms with Crippen molar-refractivity contribution in [1.82, 2.24) is 0 Å². The van der Waals surface area contributed by atoms with Crippen molar-refractivity contribution in [2.24, 2.45) is 0 Å². The Kier molecular flexibility index (Phi) is 8.92. The monoisotopic (exact) mass is 556 g/mol. The summed E-state index contributed by atoms with van der Waals surface area (Å²) in [5.74, 6) is -4.33. The average Bonchev–Trinajstić information content (AvgIpc) is 2.79. The van der Waals surface area contributed by atoms with Crippen LogP contribution in [0.2, 0.25) is 0 Å². The van der Waals surface area contributed by atoms with Gasteiger partial charge in [0, 0.05) is 0 Å². The average molecular weight is 557 g/mol. The summed E-state index contributed by atoms with van der Waals surface area (Å²) in [6, 6.07) is 25.4. The van der Waals surface area contributed by atoms with Crippen molar-refractivity contribution in [1.29, 1.82) is 0 Å². The first-order valence-corrected chi connectivity index (χ1v) is 10.1. The van der Waals surface area contributed by atoms with Crippen molar-refractivity contribution in [2.45, 2.75) is 13.1 Å². The maximum absolute atomic E-state index is 11.4. The third-order valence-corrected chi connectivity index (χ3v) is 5.00. The number of alkyl halides is 3. The van der Waals surface area contributed by atoms with Gasteiger partial charge in [0.25, 0.3) is 0 Å². The van der Waals surface area contributed by atoms with Gasteiger partial charge >= 0.3 is 38.4 Å². The van der Waals surface area contributed by atoms with Crippen LogP contribution in [0.5, 0.6) is 0 Å². The van der Waals surface area contributed by atoms with Crippen LogP contribution in [-0.2, 0) is 34.7 Å². The van der Waals surface area contributed by atoms with Crippen molar-refractivity contribution in [3.8, 4) is 11.1 Å². The fourth-order valence-corrected chi connectivity index (χ4v) is 3.54. The number of fused-ring (bicyclic) bond motifs is 2. The van der Waals surface area contributed by atoms with Gasteiger partial charge in [-0.25, -0.2) is 4.79 Å². The van der Waals surface area contributed by atoms with E-state index < -0.39 is 17.9 Å². The van der Waals surface area contributed by atoms with E-state index in [1.54, 1.807) is 0 Å². The third kappa shape index (κ3) is 5.80. The van der Waals surface area contributed by atoms with Crippen molar-refractivity contribution in [2.75, 3.05) is 6.61 Å². The Hall–Kier alpha value is -3.27. The van der Waals surface area contributed by atoms with E-state index in [9.17, 15) is 22.8 Å². The van der Waals surface area contributed by atoms with Crippen molar-refractivity contribution in [3.63, 3.8) is 0 Å². The van der Waals surface area contributed by atoms with Gasteiger partial charge in [-0.15, -0.1) is 12.1 Å². The van der Waals surface area contributed by atoms with Gasteiger partial charge < -0.3 is 4.74 Å². The zero-order valence-corrected chi connectivity index (χ0v) is 19.8. The van der Waals surface area contributed by atoms with Gasteiger partial charge in [0.2, 0.25) is 0 Å². The Balaban J connectivity index is 0.000000294. The van der Waals surface area contributed by atoms with Crippen LogP contribution in [0.25, 0.3) is 32.7 Å². The summed E-state index contributed by atoms with van der Waals surface area (Å²) in [5, 5.41) is 4.93. The molecule has 7 heteroatoms. The van der Waals surface area contributed by atoms with Crippen LogP contribution in [0.4, 0.5) is 13.2 Å². The van der Waals surface area contributed by atoms with Gasteiger partial charge in [0.15, 0.2) is 0 Å². The summed E-state index contributed by atoms with van der Waals surface area (Å²) in [4.78, 5) is 20.1. The minimum absolute atomic E-state index is 0. The van der Waals surface area contributed by atoms with E-state index in [2.05, 4.69) is 91.4 Å². The number of Topliss-reactive ketones (excluding diaryl/α,β-unsaturated/α-hetero) is 1. The van der Waals surface area contributed by atoms with Crippen molar-refractivity contribution >= 4 is 33.3 Å². The largest absolute Gasteiger partial charge is 2.00 e. The SMILES string of the molecule is CCOC(=O)C(=O)C(F)(F)F.[CH2-]c1ccc2ccccc2c1-c1c([CH2-])ccc2ccccc12.[Pd+2]. The van der Waals surface area contributed by atoms with Gasteiger partial charge in [-0.1, -0.05) is 59.3 Å². The molecule has 0 saturated heterocycles. The number of hydrogen-bond donors (Lipinski definition) is 0. The van der Waals surface area contributed by atoms with Gasteiger partial charge in [-0.3, -0.25) is 4.79 Å². The molecular formula is C27H21F3O3Pd. The fraction of sp³-hybridized carbons (Fsp3) is 0.111. The summed E-state index contributed by atoms with van der Waals surface area (Å²) in [6.07, 6.45) is -5.13. The van der Waals surface area contributed by atoms with Crippen molar-refractivity contribution in [3.05, 3.63) is 97.8 Å². The van der Waals surface area contributed by atoms with Crippen LogP contribution in [0.1, 0.15) is 18.1 Å². The predicted octanol–water partition coefficient (Wildman–Crippen LogP) is 6.70. The molecule has 0 amide bonds. The van der Waals surface area contributed by atoms with E-state index in [-0.39, 0.29) is 27.0 Å². The van der Waals surface area contributed by atoms with Gasteiger partial charge in [0.1, 0.15) is 0 Å². The number of benzene rings is 4. The molecule has 178 valence electrons. The van der Waals surface area contributed by atoms with E-state index in [0.717, 1.165) is 11.1 Å². The second-order valence-electron chi connectivity index (χ2n) is 7.19. The number of carbonyl (C=O) groups is 2. The molecule has 0 heterocycles. The Morgan fingerprint density at radius 2 is 1.18 bits per heavy atom. The summed E-state index contributed by atoms with van der Waals surface area (Å²) in [7, 11) is 0. The third-order valence-electron chi connectivity index (χ3n) is 5.00. The van der Waals surface area contributed by atoms with Crippen LogP contribution in [0.15, 0.2) is 72.8 Å². The molecule has 0 bridgehead atoms. The van der Waals surface area contributed by atoms with Gasteiger partial charge in [0.05, 0.1) is 6.61 Å². The van der Waals surface area contributed by atoms with E-state index in [1.165, 1.54) is 39.6 Å². The second kappa shape index (κ2) is 11.2. The Morgan fingerprint density at radius 3 is 1.56 bits per heavy atom. The maximum atomic E-state index is 11.4. The smallest absolute Gasteiger partial charge is 0.460 e. The number of halogens is 3. The molecule has 0 aliphatic rings. The molecule has 34 heavy (non-hydrogen) atoms. The van der Waals surface area contributed by atoms with E-state index in [0.29, 0.717) is 0 Å². The summed E-state index contributed by atoms with van der Waals surface area (Å²) in [6.45, 7) is 9.59. The van der Waals surface area contributed by atoms with E-state index in [1.807, 2.05) is 0 Å². The molecule has 4 rings (SSSR count). The van der Waals surface area contributed by atoms with E-state index >= 15 is 0 Å². The topological polar surface area (TPSA) is 43.4 Å². The predicted molar refractivity (Wildman–Crippen MR) is 124 cm³/mol. The first-order valence-electron chi connectivity index (χ1n) is 10.1. The standard InChI is InChI=1S/C22H16.C5H5F3O3.Pd/c1-15-11-13-17-7-3-5-9-19(17)21(15)22-16(2)12-14-18-8-4-6-10-20(18)22;1-2-11-4(10)3(9)5(6,7)8;/h3-14H,1-2H2;2H2,1H3;/q-2;;+2. The molecule has 0 spiro atoms. The van der Waals surface area contributed by atoms with Gasteiger partial charge in [-0.2, -0.15) is 61.4 Å². The molecule has 0 aromatic heterocycles. The van der Waals surface area contributed by atoms with Crippen LogP contribution >= 0.6 is 0 Å². The fourth-order valence-electron chi connectivity index (χ4n) is 3.54. The quantitative estimate of drug-likeness (QED) is 0.122. The normalized spacial score (nSPS) is 10.7. The molecule has 0 unspecified atom stereocenters. The molecule has 0 N–H and O–H groups in total. The molecule has 0 atom stereocenters. The number of esters is 1. The molecular weight excluding hydrogens is 536 g/mol. The molecule has 0 aliphatic heterocycles. The number of ketones is 1. The van der Waals surface area contributed by atoms with Crippen molar-refractivity contribution < 1.29 is 47.9 Å². The Morgan fingerprint density at radius 1 is 0.765 bits per heavy atom. The van der Waals surface area contributed by atoms with E-state index in [4.69, 9.17) is 0 Å². The number of carbonyl (C=O) groups excluding carboxylic acids is 2. The van der Waals surface area contributed by atoms with Crippen LogP contribution in [0, 0.1) is 13.8 Å². The van der Waals surface area contributed by atoms with Crippen LogP contribution in [-0.4, -0.2) is 24.5 Å². The molecule has 0 aliphatic carbocycles. The molecule has 0 saturated carbocycles.